The Bertz CT molecular complexity index is 605. The van der Waals surface area contributed by atoms with E-state index in [0.717, 1.165) is 32.7 Å². The number of nitrogens with one attached hydrogen (secondary N) is 2. The smallest absolute Gasteiger partial charge is 0.124 e. The number of hydrazone groups is 1. The number of phenolic OH excluding ortho intramolecular Hbond substituents is 1. The molecule has 3 aliphatic heterocycles. The number of phenols is 1. The maximum absolute atomic E-state index is 9.36. The summed E-state index contributed by atoms with van der Waals surface area (Å²) in [7, 11) is 0. The van der Waals surface area contributed by atoms with Crippen molar-refractivity contribution in [2.45, 2.75) is 44.0 Å². The molecule has 3 aliphatic rings. The molecule has 0 spiro atoms. The van der Waals surface area contributed by atoms with Crippen LogP contribution < -0.4 is 5.43 Å². The minimum atomic E-state index is -0.475. The van der Waals surface area contributed by atoms with Crippen molar-refractivity contribution in [2.24, 2.45) is 5.10 Å². The summed E-state index contributed by atoms with van der Waals surface area (Å²) in [5, 5.41) is 25.5. The average molecular weight is 518 g/mol. The summed E-state index contributed by atoms with van der Waals surface area (Å²) in [5.74, 6) is 0.184. The number of para-hydroxylation sites is 1. The van der Waals surface area contributed by atoms with Gasteiger partial charge in [-0.15, -0.1) is 38.8 Å². The van der Waals surface area contributed by atoms with Crippen molar-refractivity contribution in [3.05, 3.63) is 75.9 Å². The van der Waals surface area contributed by atoms with Crippen molar-refractivity contribution in [2.75, 3.05) is 39.0 Å². The molecule has 0 aromatic heterocycles. The van der Waals surface area contributed by atoms with Gasteiger partial charge in [0.1, 0.15) is 5.75 Å². The van der Waals surface area contributed by atoms with Crippen molar-refractivity contribution < 1.29 is 21.9 Å². The molecule has 7 nitrogen and oxygen atoms in total. The summed E-state index contributed by atoms with van der Waals surface area (Å²) in [6, 6.07) is 6.90. The van der Waals surface area contributed by atoms with Crippen LogP contribution in [-0.4, -0.2) is 55.8 Å². The molecule has 9 heteroatoms. The summed E-state index contributed by atoms with van der Waals surface area (Å²) < 4.78 is 0. The monoisotopic (exact) mass is 517 g/mol. The van der Waals surface area contributed by atoms with Crippen LogP contribution in [0.3, 0.4) is 0 Å². The van der Waals surface area contributed by atoms with Gasteiger partial charge in [-0.3, -0.25) is 0 Å². The summed E-state index contributed by atoms with van der Waals surface area (Å²) >= 11 is 1.34. The van der Waals surface area contributed by atoms with Gasteiger partial charge in [0.2, 0.25) is 0 Å². The van der Waals surface area contributed by atoms with E-state index in [-0.39, 0.29) is 22.5 Å². The average Bonchev–Trinajstić information content (AvgIpc) is 2.89. The molecule has 2 fully saturated rings. The summed E-state index contributed by atoms with van der Waals surface area (Å²) in [6.45, 7) is 5.36. The Morgan fingerprint density at radius 2 is 1.61 bits per heavy atom. The van der Waals surface area contributed by atoms with E-state index >= 15 is 0 Å². The van der Waals surface area contributed by atoms with E-state index in [0.29, 0.717) is 5.56 Å². The second-order valence-corrected chi connectivity index (χ2v) is 8.10. The first-order chi connectivity index (χ1) is 15.7. The quantitative estimate of drug-likeness (QED) is 0.269. The Hall–Kier alpha value is -1.49. The molecule has 1 unspecified atom stereocenters. The van der Waals surface area contributed by atoms with Gasteiger partial charge in [-0.25, -0.2) is 0 Å². The molecule has 1 aromatic carbocycles. The second kappa shape index (κ2) is 23.7. The topological polar surface area (TPSA) is 111 Å². The maximum atomic E-state index is 9.36. The molecule has 1 atom stereocenters. The fraction of sp³-hybridized carbons (Fsp3) is 0.542. The molecule has 1 radical (unpaired) electrons. The van der Waals surface area contributed by atoms with Crippen molar-refractivity contribution in [1.29, 1.82) is 0 Å². The minimum Gasteiger partial charge on any atom is -0.687 e. The molecule has 0 bridgehead atoms. The molecule has 3 N–H and O–H groups in total. The van der Waals surface area contributed by atoms with E-state index < -0.39 is 5.50 Å². The number of nitrogens with zero attached hydrogens (tertiary/aromatic N) is 4. The number of thioether (sulfide) groups is 1. The van der Waals surface area contributed by atoms with E-state index in [1.54, 1.807) is 24.4 Å². The molecule has 0 amide bonds. The Morgan fingerprint density at radius 3 is 1.94 bits per heavy atom. The van der Waals surface area contributed by atoms with Crippen molar-refractivity contribution in [3.8, 4) is 5.75 Å². The molecule has 4 rings (SSSR count). The van der Waals surface area contributed by atoms with Gasteiger partial charge < -0.3 is 32.2 Å². The molecule has 3 heterocycles. The third-order valence-corrected chi connectivity index (χ3v) is 5.06. The van der Waals surface area contributed by atoms with E-state index in [4.69, 9.17) is 5.73 Å². The number of aromatic hydroxyl groups is 1. The number of benzene rings is 1. The summed E-state index contributed by atoms with van der Waals surface area (Å²) in [4.78, 5) is 0. The van der Waals surface area contributed by atoms with Gasteiger partial charge >= 0.3 is 0 Å². The normalized spacial score (nSPS) is 17.4. The van der Waals surface area contributed by atoms with Crippen LogP contribution in [0.4, 0.5) is 0 Å². The van der Waals surface area contributed by atoms with Crippen LogP contribution in [0, 0.1) is 0 Å². The van der Waals surface area contributed by atoms with Crippen LogP contribution in [0.2, 0.25) is 0 Å². The van der Waals surface area contributed by atoms with Crippen molar-refractivity contribution in [3.63, 3.8) is 0 Å². The molecular weight excluding hydrogens is 479 g/mol. The number of rotatable bonds is 4. The standard InChI is InChI=1S/C9H12N3OS.2C5H10N.C5H6N.Co/c1-14-9(10)12-11-6-7-4-2-3-5-8(7)13;3*1-2-4-6-5-3-1;/h2-6,9-10,12-13H,1H3;2*1-5H2;1-4H,5H2;/q4*-1;. The largest absolute Gasteiger partial charge is 0.687 e. The van der Waals surface area contributed by atoms with Crippen LogP contribution in [0.1, 0.15) is 44.1 Å². The zero-order chi connectivity index (χ0) is 23.1. The molecule has 1 aromatic rings. The Morgan fingerprint density at radius 1 is 1.00 bits per heavy atom. The summed E-state index contributed by atoms with van der Waals surface area (Å²) in [5.41, 5.74) is 10.1. The predicted octanol–water partition coefficient (Wildman–Crippen LogP) is 6.54. The van der Waals surface area contributed by atoms with Crippen molar-refractivity contribution in [1.82, 2.24) is 5.43 Å². The van der Waals surface area contributed by atoms with E-state index in [9.17, 15) is 5.11 Å². The van der Waals surface area contributed by atoms with Gasteiger partial charge in [0, 0.05) is 22.3 Å². The minimum absolute atomic E-state index is 0. The molecule has 189 valence electrons. The number of allylic oxidation sites excluding steroid dienone is 2. The maximum Gasteiger partial charge on any atom is 0.124 e. The molecule has 2 saturated heterocycles. The fourth-order valence-electron chi connectivity index (χ4n) is 2.67. The van der Waals surface area contributed by atoms with Crippen LogP contribution >= 0.6 is 11.8 Å². The van der Waals surface area contributed by atoms with E-state index in [1.165, 1.54) is 56.5 Å². The third kappa shape index (κ3) is 19.7. The number of hydrogen-bond acceptors (Lipinski definition) is 4. The van der Waals surface area contributed by atoms with Crippen LogP contribution in [-0.2, 0) is 16.8 Å². The van der Waals surface area contributed by atoms with Crippen molar-refractivity contribution >= 4 is 18.0 Å². The first-order valence-electron chi connectivity index (χ1n) is 11.3. The molecule has 0 aliphatic carbocycles. The number of hydrogen-bond donors (Lipinski definition) is 2. The second-order valence-electron chi connectivity index (χ2n) is 7.16. The van der Waals surface area contributed by atoms with Gasteiger partial charge in [0.15, 0.2) is 0 Å². The predicted molar refractivity (Wildman–Crippen MR) is 141 cm³/mol. The Balaban J connectivity index is 0.000000449. The molecule has 0 saturated carbocycles. The van der Waals surface area contributed by atoms with E-state index in [2.05, 4.69) is 26.5 Å². The SMILES string of the molecule is C1=CC[N-]C=C1.C1CC[N-]CC1.C1CC[N-]CC1.CSC([NH-])NN=Cc1ccccc1O.[Co]. The van der Waals surface area contributed by atoms with Crippen LogP contribution in [0.15, 0.2) is 53.8 Å². The van der Waals surface area contributed by atoms with Crippen LogP contribution in [0.5, 0.6) is 5.75 Å². The third-order valence-electron chi connectivity index (χ3n) is 4.48. The van der Waals surface area contributed by atoms with Gasteiger partial charge in [-0.2, -0.15) is 23.1 Å². The molecule has 33 heavy (non-hydrogen) atoms. The van der Waals surface area contributed by atoms with E-state index in [1.807, 2.05) is 30.6 Å². The van der Waals surface area contributed by atoms with Gasteiger partial charge in [0.25, 0.3) is 0 Å². The Labute approximate surface area is 214 Å². The van der Waals surface area contributed by atoms with Gasteiger partial charge in [0.05, 0.1) is 6.21 Å². The zero-order valence-corrected chi connectivity index (χ0v) is 21.4. The first-order valence-corrected chi connectivity index (χ1v) is 12.6. The van der Waals surface area contributed by atoms with Crippen LogP contribution in [0.25, 0.3) is 21.7 Å². The summed E-state index contributed by atoms with van der Waals surface area (Å²) in [6.07, 6.45) is 19.2. The first kappa shape index (κ1) is 31.5. The fourth-order valence-corrected chi connectivity index (χ4v) is 2.83. The zero-order valence-electron chi connectivity index (χ0n) is 19.5. The number of piperidine rings is 2. The van der Waals surface area contributed by atoms with Gasteiger partial charge in [-0.1, -0.05) is 62.8 Å². The van der Waals surface area contributed by atoms with Gasteiger partial charge in [-0.05, 0) is 23.9 Å². The molecular formula is C24H38CoN6OS-4. The Kier molecular flexibility index (Phi) is 22.6.